The van der Waals surface area contributed by atoms with E-state index in [2.05, 4.69) is 10.3 Å². The number of methoxy groups -OCH3 is 2. The number of aromatic nitrogens is 1. The second-order valence-electron chi connectivity index (χ2n) is 5.74. The Morgan fingerprint density at radius 3 is 2.55 bits per heavy atom. The number of nitrogens with zero attached hydrogens (tertiary/aromatic N) is 1. The third-order valence-electron chi connectivity index (χ3n) is 3.82. The van der Waals surface area contributed by atoms with Crippen LogP contribution in [0.4, 0.5) is 5.69 Å². The Balaban J connectivity index is 1.59. The average Bonchev–Trinajstić information content (AvgIpc) is 3.22. The molecule has 3 aromatic rings. The maximum Gasteiger partial charge on any atom is 0.358 e. The average molecular weight is 433 g/mol. The number of thiazole rings is 1. The Morgan fingerprint density at radius 1 is 1.10 bits per heavy atom. The monoisotopic (exact) mass is 432 g/mol. The summed E-state index contributed by atoms with van der Waals surface area (Å²) in [4.78, 5) is 28.6. The zero-order valence-electron chi connectivity index (χ0n) is 15.6. The van der Waals surface area contributed by atoms with Crippen molar-refractivity contribution in [2.75, 3.05) is 26.1 Å². The first kappa shape index (κ1) is 20.6. The first-order valence-electron chi connectivity index (χ1n) is 8.40. The largest absolute Gasteiger partial charge is 0.497 e. The Labute approximate surface area is 176 Å². The zero-order valence-corrected chi connectivity index (χ0v) is 17.2. The van der Waals surface area contributed by atoms with Crippen LogP contribution in [0.1, 0.15) is 10.5 Å². The lowest BCUT2D eigenvalue weighted by molar-refractivity contribution is -0.119. The minimum absolute atomic E-state index is 0.133. The summed E-state index contributed by atoms with van der Waals surface area (Å²) in [5, 5.41) is 5.28. The van der Waals surface area contributed by atoms with Crippen LogP contribution in [0.25, 0.3) is 10.6 Å². The van der Waals surface area contributed by atoms with Gasteiger partial charge in [0.25, 0.3) is 5.91 Å². The highest BCUT2D eigenvalue weighted by atomic mass is 35.5. The number of nitrogens with one attached hydrogen (secondary N) is 1. The van der Waals surface area contributed by atoms with Gasteiger partial charge in [-0.2, -0.15) is 0 Å². The predicted octanol–water partition coefficient (Wildman–Crippen LogP) is 4.28. The number of hydrogen-bond donors (Lipinski definition) is 1. The van der Waals surface area contributed by atoms with Gasteiger partial charge in [0.15, 0.2) is 12.3 Å². The van der Waals surface area contributed by atoms with Gasteiger partial charge in [-0.05, 0) is 42.5 Å². The molecule has 0 aliphatic carbocycles. The molecule has 3 rings (SSSR count). The molecular weight excluding hydrogens is 416 g/mol. The van der Waals surface area contributed by atoms with Crippen molar-refractivity contribution in [1.29, 1.82) is 0 Å². The van der Waals surface area contributed by atoms with Crippen molar-refractivity contribution >= 4 is 40.5 Å². The van der Waals surface area contributed by atoms with Crippen molar-refractivity contribution in [3.05, 3.63) is 58.6 Å². The number of halogens is 1. The van der Waals surface area contributed by atoms with Crippen LogP contribution < -0.4 is 14.8 Å². The number of carbonyl (C=O) groups excluding carboxylic acids is 2. The Hall–Kier alpha value is -3.10. The van der Waals surface area contributed by atoms with E-state index in [1.54, 1.807) is 30.7 Å². The molecule has 7 nitrogen and oxygen atoms in total. The molecule has 0 atom stereocenters. The molecule has 0 spiro atoms. The van der Waals surface area contributed by atoms with Crippen molar-refractivity contribution in [2.45, 2.75) is 0 Å². The first-order chi connectivity index (χ1) is 14.0. The van der Waals surface area contributed by atoms with Crippen LogP contribution in [0.2, 0.25) is 5.02 Å². The van der Waals surface area contributed by atoms with Crippen molar-refractivity contribution in [1.82, 2.24) is 4.98 Å². The molecule has 0 aliphatic heterocycles. The van der Waals surface area contributed by atoms with Crippen LogP contribution in [0.15, 0.2) is 47.8 Å². The van der Waals surface area contributed by atoms with Gasteiger partial charge in [0, 0.05) is 16.0 Å². The number of benzene rings is 2. The highest BCUT2D eigenvalue weighted by molar-refractivity contribution is 7.13. The van der Waals surface area contributed by atoms with E-state index in [4.69, 9.17) is 25.8 Å². The molecule has 0 radical (unpaired) electrons. The van der Waals surface area contributed by atoms with E-state index < -0.39 is 18.5 Å². The Bertz CT molecular complexity index is 1020. The molecule has 1 N–H and O–H groups in total. The number of carbonyl (C=O) groups is 2. The standard InChI is InChI=1S/C20H17ClN2O5S/c1-26-14-6-3-12(4-7-14)19-23-16(11-29-19)20(25)28-10-18(24)22-15-9-13(21)5-8-17(15)27-2/h3-9,11H,10H2,1-2H3,(H,22,24). The van der Waals surface area contributed by atoms with Gasteiger partial charge < -0.3 is 19.5 Å². The molecule has 0 saturated carbocycles. The van der Waals surface area contributed by atoms with Gasteiger partial charge in [0.05, 0.1) is 19.9 Å². The van der Waals surface area contributed by atoms with Crippen LogP contribution in [-0.4, -0.2) is 37.7 Å². The normalized spacial score (nSPS) is 10.3. The summed E-state index contributed by atoms with van der Waals surface area (Å²) >= 11 is 7.23. The highest BCUT2D eigenvalue weighted by Gasteiger charge is 2.16. The first-order valence-corrected chi connectivity index (χ1v) is 9.66. The lowest BCUT2D eigenvalue weighted by Gasteiger charge is -2.10. The van der Waals surface area contributed by atoms with E-state index in [1.165, 1.54) is 18.4 Å². The molecule has 0 fully saturated rings. The summed E-state index contributed by atoms with van der Waals surface area (Å²) in [7, 11) is 3.06. The van der Waals surface area contributed by atoms with Gasteiger partial charge in [-0.3, -0.25) is 4.79 Å². The lowest BCUT2D eigenvalue weighted by Crippen LogP contribution is -2.21. The molecule has 9 heteroatoms. The minimum atomic E-state index is -0.686. The molecule has 0 saturated heterocycles. The SMILES string of the molecule is COc1ccc(-c2nc(C(=O)OCC(=O)Nc3cc(Cl)ccc3OC)cs2)cc1. The maximum atomic E-state index is 12.2. The highest BCUT2D eigenvalue weighted by Crippen LogP contribution is 2.28. The van der Waals surface area contributed by atoms with Gasteiger partial charge in [-0.15, -0.1) is 11.3 Å². The quantitative estimate of drug-likeness (QED) is 0.561. The van der Waals surface area contributed by atoms with Crippen LogP contribution in [0.5, 0.6) is 11.5 Å². The summed E-state index contributed by atoms with van der Waals surface area (Å²) in [6, 6.07) is 12.1. The fourth-order valence-corrected chi connectivity index (χ4v) is 3.37. The number of amides is 1. The second kappa shape index (κ2) is 9.40. The maximum absolute atomic E-state index is 12.2. The molecule has 0 bridgehead atoms. The topological polar surface area (TPSA) is 86.8 Å². The molecule has 0 unspecified atom stereocenters. The summed E-state index contributed by atoms with van der Waals surface area (Å²) in [6.45, 7) is -0.468. The Morgan fingerprint density at radius 2 is 1.86 bits per heavy atom. The van der Waals surface area contributed by atoms with Crippen LogP contribution in [0.3, 0.4) is 0 Å². The molecule has 150 valence electrons. The summed E-state index contributed by atoms with van der Waals surface area (Å²) < 4.78 is 15.3. The van der Waals surface area contributed by atoms with E-state index in [0.717, 1.165) is 11.3 Å². The molecule has 29 heavy (non-hydrogen) atoms. The van der Waals surface area contributed by atoms with Crippen molar-refractivity contribution in [2.24, 2.45) is 0 Å². The Kier molecular flexibility index (Phi) is 6.69. The van der Waals surface area contributed by atoms with E-state index in [0.29, 0.717) is 21.5 Å². The number of hydrogen-bond acceptors (Lipinski definition) is 7. The van der Waals surface area contributed by atoms with Crippen molar-refractivity contribution < 1.29 is 23.8 Å². The second-order valence-corrected chi connectivity index (χ2v) is 7.03. The zero-order chi connectivity index (χ0) is 20.8. The molecular formula is C20H17ClN2O5S. The molecule has 1 heterocycles. The van der Waals surface area contributed by atoms with Gasteiger partial charge in [-0.1, -0.05) is 11.6 Å². The van der Waals surface area contributed by atoms with E-state index in [-0.39, 0.29) is 5.69 Å². The van der Waals surface area contributed by atoms with Crippen LogP contribution in [0, 0.1) is 0 Å². The lowest BCUT2D eigenvalue weighted by atomic mass is 10.2. The molecule has 0 aliphatic rings. The van der Waals surface area contributed by atoms with E-state index in [1.807, 2.05) is 24.3 Å². The van der Waals surface area contributed by atoms with Gasteiger partial charge in [0.2, 0.25) is 0 Å². The number of anilines is 1. The third kappa shape index (κ3) is 5.24. The summed E-state index contributed by atoms with van der Waals surface area (Å²) in [5.74, 6) is -0.0382. The predicted molar refractivity (Wildman–Crippen MR) is 111 cm³/mol. The summed E-state index contributed by atoms with van der Waals surface area (Å²) in [6.07, 6.45) is 0. The number of esters is 1. The van der Waals surface area contributed by atoms with Gasteiger partial charge in [-0.25, -0.2) is 9.78 Å². The molecule has 2 aromatic carbocycles. The molecule has 1 aromatic heterocycles. The molecule has 1 amide bonds. The van der Waals surface area contributed by atoms with Gasteiger partial charge in [0.1, 0.15) is 16.5 Å². The summed E-state index contributed by atoms with van der Waals surface area (Å²) in [5.41, 5.74) is 1.37. The third-order valence-corrected chi connectivity index (χ3v) is 4.95. The van der Waals surface area contributed by atoms with E-state index >= 15 is 0 Å². The number of rotatable bonds is 7. The fraction of sp³-hybridized carbons (Fsp3) is 0.150. The van der Waals surface area contributed by atoms with E-state index in [9.17, 15) is 9.59 Å². The van der Waals surface area contributed by atoms with Crippen LogP contribution >= 0.6 is 22.9 Å². The van der Waals surface area contributed by atoms with Crippen LogP contribution in [-0.2, 0) is 9.53 Å². The minimum Gasteiger partial charge on any atom is -0.497 e. The smallest absolute Gasteiger partial charge is 0.358 e. The number of ether oxygens (including phenoxy) is 3. The van der Waals surface area contributed by atoms with Crippen molar-refractivity contribution in [3.63, 3.8) is 0 Å². The van der Waals surface area contributed by atoms with Crippen molar-refractivity contribution in [3.8, 4) is 22.1 Å². The fourth-order valence-electron chi connectivity index (χ4n) is 2.40. The van der Waals surface area contributed by atoms with Gasteiger partial charge >= 0.3 is 5.97 Å².